The van der Waals surface area contributed by atoms with Crippen molar-refractivity contribution in [2.75, 3.05) is 0 Å². The highest BCUT2D eigenvalue weighted by Crippen LogP contribution is 2.26. The van der Waals surface area contributed by atoms with Crippen LogP contribution in [0.25, 0.3) is 0 Å². The monoisotopic (exact) mass is 366 g/mol. The Morgan fingerprint density at radius 2 is 2.08 bits per heavy atom. The van der Waals surface area contributed by atoms with Gasteiger partial charge in [0.15, 0.2) is 5.82 Å². The maximum Gasteiger partial charge on any atom is 0.216 e. The van der Waals surface area contributed by atoms with E-state index in [0.29, 0.717) is 21.5 Å². The number of rotatable bonds is 7. The zero-order chi connectivity index (χ0) is 17.7. The van der Waals surface area contributed by atoms with Crippen molar-refractivity contribution in [1.82, 2.24) is 14.9 Å². The number of aromatic amines is 1. The third kappa shape index (κ3) is 4.45. The van der Waals surface area contributed by atoms with Crippen molar-refractivity contribution in [1.29, 1.82) is 0 Å². The Kier molecular flexibility index (Phi) is 6.57. The molecule has 5 nitrogen and oxygen atoms in total. The number of hydrogen-bond donors (Lipinski definition) is 1. The molecule has 0 fully saturated rings. The molecule has 0 aliphatic rings. The van der Waals surface area contributed by atoms with E-state index in [4.69, 9.17) is 28.6 Å². The minimum absolute atomic E-state index is 0.0776. The molecule has 0 spiro atoms. The van der Waals surface area contributed by atoms with Gasteiger partial charge >= 0.3 is 0 Å². The van der Waals surface area contributed by atoms with E-state index in [1.165, 1.54) is 0 Å². The van der Waals surface area contributed by atoms with Crippen LogP contribution in [0.3, 0.4) is 0 Å². The number of ether oxygens (including phenoxy) is 1. The highest BCUT2D eigenvalue weighted by Gasteiger charge is 2.15. The van der Waals surface area contributed by atoms with Gasteiger partial charge in [-0.05, 0) is 62.7 Å². The molecule has 0 saturated heterocycles. The molecule has 0 amide bonds. The first kappa shape index (κ1) is 18.7. The Morgan fingerprint density at radius 3 is 2.67 bits per heavy atom. The van der Waals surface area contributed by atoms with Crippen LogP contribution in [0.2, 0.25) is 5.02 Å². The molecule has 0 aliphatic carbocycles. The maximum atomic E-state index is 6.26. The van der Waals surface area contributed by atoms with E-state index < -0.39 is 0 Å². The molecule has 2 aromatic rings. The first-order valence-corrected chi connectivity index (χ1v) is 8.92. The number of nitrogens with zero attached hydrogens (tertiary/aromatic N) is 3. The molecule has 0 bridgehead atoms. The summed E-state index contributed by atoms with van der Waals surface area (Å²) >= 11 is 11.5. The molecular weight excluding hydrogens is 344 g/mol. The summed E-state index contributed by atoms with van der Waals surface area (Å²) in [6, 6.07) is 5.58. The lowest BCUT2D eigenvalue weighted by Gasteiger charge is -2.11. The van der Waals surface area contributed by atoms with Crippen molar-refractivity contribution in [2.24, 2.45) is 5.10 Å². The first-order chi connectivity index (χ1) is 11.5. The third-order valence-corrected chi connectivity index (χ3v) is 4.23. The Labute approximate surface area is 152 Å². The normalized spacial score (nSPS) is 11.8. The second-order valence-corrected chi connectivity index (χ2v) is 6.61. The number of hydrogen-bond acceptors (Lipinski definition) is 4. The van der Waals surface area contributed by atoms with Gasteiger partial charge in [-0.3, -0.25) is 5.10 Å². The fourth-order valence-corrected chi connectivity index (χ4v) is 2.82. The average Bonchev–Trinajstić information content (AvgIpc) is 2.90. The lowest BCUT2D eigenvalue weighted by Crippen LogP contribution is -2.06. The highest BCUT2D eigenvalue weighted by molar-refractivity contribution is 7.71. The minimum atomic E-state index is 0.0776. The standard InChI is InChI=1S/C17H23ClN4OS/c1-5-13(6-2)16-20-21-17(24)22(16)19-10-12-7-8-15(14(18)9-12)23-11(3)4/h7-11,13H,5-6H2,1-4H3,(H,21,24)/b19-10-. The molecule has 0 radical (unpaired) electrons. The van der Waals surface area contributed by atoms with Crippen molar-refractivity contribution < 1.29 is 4.74 Å². The quantitative estimate of drug-likeness (QED) is 0.543. The van der Waals surface area contributed by atoms with Crippen molar-refractivity contribution in [3.05, 3.63) is 39.4 Å². The predicted molar refractivity (Wildman–Crippen MR) is 101 cm³/mol. The summed E-state index contributed by atoms with van der Waals surface area (Å²) in [5.41, 5.74) is 0.870. The summed E-state index contributed by atoms with van der Waals surface area (Å²) in [5.74, 6) is 1.84. The van der Waals surface area contributed by atoms with Gasteiger partial charge < -0.3 is 4.74 Å². The second kappa shape index (κ2) is 8.44. The van der Waals surface area contributed by atoms with Crippen LogP contribution in [-0.2, 0) is 0 Å². The largest absolute Gasteiger partial charge is 0.489 e. The predicted octanol–water partition coefficient (Wildman–Crippen LogP) is 5.17. The Balaban J connectivity index is 2.27. The second-order valence-electron chi connectivity index (χ2n) is 5.81. The Hall–Kier alpha value is -1.66. The molecule has 1 aromatic carbocycles. The van der Waals surface area contributed by atoms with Gasteiger partial charge in [0.2, 0.25) is 4.77 Å². The summed E-state index contributed by atoms with van der Waals surface area (Å²) in [5, 5.41) is 12.2. The Morgan fingerprint density at radius 1 is 1.38 bits per heavy atom. The van der Waals surface area contributed by atoms with E-state index in [2.05, 4.69) is 29.1 Å². The molecule has 24 heavy (non-hydrogen) atoms. The molecule has 7 heteroatoms. The zero-order valence-corrected chi connectivity index (χ0v) is 16.0. The van der Waals surface area contributed by atoms with E-state index in [0.717, 1.165) is 24.2 Å². The van der Waals surface area contributed by atoms with Crippen molar-refractivity contribution in [3.63, 3.8) is 0 Å². The number of H-pyrrole nitrogens is 1. The summed E-state index contributed by atoms with van der Waals surface area (Å²) in [6.07, 6.45) is 3.77. The fraction of sp³-hybridized carbons (Fsp3) is 0.471. The van der Waals surface area contributed by atoms with Crippen LogP contribution in [-0.4, -0.2) is 27.2 Å². The molecule has 0 unspecified atom stereocenters. The van der Waals surface area contributed by atoms with Crippen LogP contribution in [0, 0.1) is 4.77 Å². The van der Waals surface area contributed by atoms with Crippen LogP contribution in [0.15, 0.2) is 23.3 Å². The molecule has 1 aromatic heterocycles. The Bertz CT molecular complexity index is 762. The number of nitrogens with one attached hydrogen (secondary N) is 1. The summed E-state index contributed by atoms with van der Waals surface area (Å²) in [7, 11) is 0. The van der Waals surface area contributed by atoms with E-state index in [9.17, 15) is 0 Å². The average molecular weight is 367 g/mol. The van der Waals surface area contributed by atoms with Crippen molar-refractivity contribution in [3.8, 4) is 5.75 Å². The molecule has 130 valence electrons. The van der Waals surface area contributed by atoms with Crippen molar-refractivity contribution >= 4 is 30.0 Å². The lowest BCUT2D eigenvalue weighted by atomic mass is 10.0. The molecule has 1 N–H and O–H groups in total. The van der Waals surface area contributed by atoms with E-state index in [-0.39, 0.29) is 6.10 Å². The topological polar surface area (TPSA) is 55.2 Å². The van der Waals surface area contributed by atoms with Gasteiger partial charge in [0, 0.05) is 5.92 Å². The van der Waals surface area contributed by atoms with Gasteiger partial charge in [-0.25, -0.2) is 0 Å². The molecule has 0 atom stereocenters. The van der Waals surface area contributed by atoms with Crippen LogP contribution in [0.5, 0.6) is 5.75 Å². The van der Waals surface area contributed by atoms with Crippen LogP contribution in [0.4, 0.5) is 0 Å². The van der Waals surface area contributed by atoms with E-state index >= 15 is 0 Å². The number of aromatic nitrogens is 3. The van der Waals surface area contributed by atoms with Crippen LogP contribution >= 0.6 is 23.8 Å². The van der Waals surface area contributed by atoms with Crippen LogP contribution in [0.1, 0.15) is 57.8 Å². The van der Waals surface area contributed by atoms with E-state index in [1.807, 2.05) is 32.0 Å². The number of benzene rings is 1. The molecule has 1 heterocycles. The lowest BCUT2D eigenvalue weighted by molar-refractivity contribution is 0.242. The first-order valence-electron chi connectivity index (χ1n) is 8.14. The minimum Gasteiger partial charge on any atom is -0.489 e. The summed E-state index contributed by atoms with van der Waals surface area (Å²) in [6.45, 7) is 8.19. The smallest absolute Gasteiger partial charge is 0.216 e. The third-order valence-electron chi connectivity index (χ3n) is 3.67. The summed E-state index contributed by atoms with van der Waals surface area (Å²) < 4.78 is 7.80. The zero-order valence-electron chi connectivity index (χ0n) is 14.4. The van der Waals surface area contributed by atoms with Gasteiger partial charge in [0.1, 0.15) is 5.75 Å². The van der Waals surface area contributed by atoms with Gasteiger partial charge in [-0.2, -0.15) is 14.9 Å². The number of halogens is 1. The van der Waals surface area contributed by atoms with Crippen LogP contribution < -0.4 is 4.74 Å². The maximum absolute atomic E-state index is 6.26. The van der Waals surface area contributed by atoms with Gasteiger partial charge in [0.25, 0.3) is 0 Å². The van der Waals surface area contributed by atoms with Crippen molar-refractivity contribution in [2.45, 2.75) is 52.6 Å². The molecule has 0 saturated carbocycles. The van der Waals surface area contributed by atoms with Gasteiger partial charge in [-0.15, -0.1) is 0 Å². The SMILES string of the molecule is CCC(CC)c1n[nH]c(=S)n1/N=C\c1ccc(OC(C)C)c(Cl)c1. The fourth-order valence-electron chi connectivity index (χ4n) is 2.40. The highest BCUT2D eigenvalue weighted by atomic mass is 35.5. The van der Waals surface area contributed by atoms with Gasteiger partial charge in [-0.1, -0.05) is 25.4 Å². The molecular formula is C17H23ClN4OS. The van der Waals surface area contributed by atoms with E-state index in [1.54, 1.807) is 10.9 Å². The summed E-state index contributed by atoms with van der Waals surface area (Å²) in [4.78, 5) is 0. The molecule has 2 rings (SSSR count). The molecule has 0 aliphatic heterocycles. The van der Waals surface area contributed by atoms with Gasteiger partial charge in [0.05, 0.1) is 17.3 Å².